The third-order valence-electron chi connectivity index (χ3n) is 3.50. The number of fused-ring (bicyclic) bond motifs is 1. The first kappa shape index (κ1) is 11.8. The second kappa shape index (κ2) is 4.77. The van der Waals surface area contributed by atoms with Gasteiger partial charge in [-0.2, -0.15) is 0 Å². The molecule has 94 valence electrons. The Morgan fingerprint density at radius 3 is 3.00 bits per heavy atom. The molecule has 1 aromatic heterocycles. The second-order valence-corrected chi connectivity index (χ2v) is 5.63. The minimum Gasteiger partial charge on any atom is -0.381 e. The molecule has 0 spiro atoms. The van der Waals surface area contributed by atoms with E-state index in [4.69, 9.17) is 11.6 Å². The quantitative estimate of drug-likeness (QED) is 0.876. The first-order valence-electron chi connectivity index (χ1n) is 6.54. The minimum absolute atomic E-state index is 0.490. The number of rotatable bonds is 4. The molecular weight excluding hydrogens is 244 g/mol. The molecular formula is C15H17ClN2. The summed E-state index contributed by atoms with van der Waals surface area (Å²) in [5, 5.41) is 5.34. The van der Waals surface area contributed by atoms with Crippen LogP contribution in [0.4, 0.5) is 5.69 Å². The first-order chi connectivity index (χ1) is 8.74. The average molecular weight is 261 g/mol. The van der Waals surface area contributed by atoms with Gasteiger partial charge in [-0.3, -0.25) is 4.98 Å². The maximum atomic E-state index is 6.19. The second-order valence-electron chi connectivity index (χ2n) is 5.22. The molecule has 2 aromatic rings. The molecule has 18 heavy (non-hydrogen) atoms. The van der Waals surface area contributed by atoms with E-state index in [9.17, 15) is 0 Å². The zero-order valence-corrected chi connectivity index (χ0v) is 11.2. The fourth-order valence-corrected chi connectivity index (χ4v) is 2.65. The summed E-state index contributed by atoms with van der Waals surface area (Å²) in [7, 11) is 0. The molecule has 0 aliphatic heterocycles. The number of pyridine rings is 1. The molecule has 1 aliphatic carbocycles. The maximum absolute atomic E-state index is 6.19. The smallest absolute Gasteiger partial charge is 0.0948 e. The molecule has 1 fully saturated rings. The van der Waals surface area contributed by atoms with Crippen LogP contribution in [0.3, 0.4) is 0 Å². The molecule has 0 radical (unpaired) electrons. The molecule has 0 saturated heterocycles. The Morgan fingerprint density at radius 1 is 1.39 bits per heavy atom. The van der Waals surface area contributed by atoms with Crippen molar-refractivity contribution in [3.05, 3.63) is 35.5 Å². The summed E-state index contributed by atoms with van der Waals surface area (Å²) in [5.41, 5.74) is 2.05. The van der Waals surface area contributed by atoms with Crippen molar-refractivity contribution in [3.8, 4) is 0 Å². The Kier molecular flexibility index (Phi) is 3.13. The van der Waals surface area contributed by atoms with E-state index in [2.05, 4.69) is 17.2 Å². The zero-order valence-electron chi connectivity index (χ0n) is 10.5. The molecule has 1 N–H and O–H groups in total. The molecule has 3 heteroatoms. The number of anilines is 1. The number of nitrogens with one attached hydrogen (secondary N) is 1. The van der Waals surface area contributed by atoms with Crippen LogP contribution in [-0.4, -0.2) is 11.0 Å². The van der Waals surface area contributed by atoms with Gasteiger partial charge in [0.1, 0.15) is 0 Å². The van der Waals surface area contributed by atoms with E-state index >= 15 is 0 Å². The third kappa shape index (κ3) is 2.44. The van der Waals surface area contributed by atoms with Crippen molar-refractivity contribution in [2.24, 2.45) is 5.92 Å². The Hall–Kier alpha value is -1.28. The van der Waals surface area contributed by atoms with Crippen LogP contribution in [-0.2, 0) is 0 Å². The lowest BCUT2D eigenvalue weighted by Gasteiger charge is -2.16. The number of benzene rings is 1. The average Bonchev–Trinajstić information content (AvgIpc) is 3.17. The van der Waals surface area contributed by atoms with Gasteiger partial charge < -0.3 is 5.32 Å². The summed E-state index contributed by atoms with van der Waals surface area (Å²) in [4.78, 5) is 4.44. The number of hydrogen-bond donors (Lipinski definition) is 1. The van der Waals surface area contributed by atoms with Gasteiger partial charge in [-0.15, -0.1) is 0 Å². The van der Waals surface area contributed by atoms with E-state index in [-0.39, 0.29) is 0 Å². The largest absolute Gasteiger partial charge is 0.381 e. The van der Waals surface area contributed by atoms with E-state index in [0.717, 1.165) is 27.5 Å². The highest BCUT2D eigenvalue weighted by Gasteiger charge is 2.23. The van der Waals surface area contributed by atoms with Gasteiger partial charge in [-0.05, 0) is 43.5 Å². The summed E-state index contributed by atoms with van der Waals surface area (Å²) in [6.07, 6.45) is 5.85. The monoisotopic (exact) mass is 260 g/mol. The van der Waals surface area contributed by atoms with Crippen LogP contribution in [0.25, 0.3) is 10.9 Å². The van der Waals surface area contributed by atoms with Gasteiger partial charge in [0.15, 0.2) is 0 Å². The van der Waals surface area contributed by atoms with Gasteiger partial charge in [0, 0.05) is 17.6 Å². The van der Waals surface area contributed by atoms with Crippen molar-refractivity contribution >= 4 is 28.2 Å². The molecule has 1 unspecified atom stereocenters. The minimum atomic E-state index is 0.490. The summed E-state index contributed by atoms with van der Waals surface area (Å²) in [5.74, 6) is 0.930. The van der Waals surface area contributed by atoms with Crippen molar-refractivity contribution in [1.82, 2.24) is 4.98 Å². The van der Waals surface area contributed by atoms with Crippen molar-refractivity contribution < 1.29 is 0 Å². The lowest BCUT2D eigenvalue weighted by Crippen LogP contribution is -2.16. The Morgan fingerprint density at radius 2 is 2.22 bits per heavy atom. The summed E-state index contributed by atoms with van der Waals surface area (Å²) < 4.78 is 0. The van der Waals surface area contributed by atoms with Crippen molar-refractivity contribution in [3.63, 3.8) is 0 Å². The fraction of sp³-hybridized carbons (Fsp3) is 0.400. The number of hydrogen-bond acceptors (Lipinski definition) is 2. The van der Waals surface area contributed by atoms with Crippen LogP contribution in [0.5, 0.6) is 0 Å². The Balaban J connectivity index is 1.88. The predicted molar refractivity (Wildman–Crippen MR) is 77.2 cm³/mol. The van der Waals surface area contributed by atoms with Crippen molar-refractivity contribution in [2.75, 3.05) is 5.32 Å². The standard InChI is InChI=1S/C15H17ClN2/c1-10(9-11-4-5-11)18-14-7-6-13(16)12-3-2-8-17-15(12)14/h2-3,6-8,10-11,18H,4-5,9H2,1H3. The summed E-state index contributed by atoms with van der Waals surface area (Å²) >= 11 is 6.19. The van der Waals surface area contributed by atoms with Crippen molar-refractivity contribution in [1.29, 1.82) is 0 Å². The fourth-order valence-electron chi connectivity index (χ4n) is 2.43. The molecule has 1 aliphatic rings. The Bertz CT molecular complexity index is 563. The van der Waals surface area contributed by atoms with Gasteiger partial charge in [-0.25, -0.2) is 0 Å². The van der Waals surface area contributed by atoms with Crippen molar-refractivity contribution in [2.45, 2.75) is 32.2 Å². The highest BCUT2D eigenvalue weighted by Crippen LogP contribution is 2.35. The van der Waals surface area contributed by atoms with Crippen LogP contribution in [0.2, 0.25) is 5.02 Å². The molecule has 1 aromatic carbocycles. The highest BCUT2D eigenvalue weighted by molar-refractivity contribution is 6.35. The van der Waals surface area contributed by atoms with Gasteiger partial charge >= 0.3 is 0 Å². The SMILES string of the molecule is CC(CC1CC1)Nc1ccc(Cl)c2cccnc12. The van der Waals surface area contributed by atoms with Gasteiger partial charge in [0.05, 0.1) is 16.2 Å². The number of aromatic nitrogens is 1. The van der Waals surface area contributed by atoms with E-state index in [1.807, 2.05) is 30.5 Å². The van der Waals surface area contributed by atoms with Crippen LogP contribution < -0.4 is 5.32 Å². The van der Waals surface area contributed by atoms with Crippen LogP contribution >= 0.6 is 11.6 Å². The van der Waals surface area contributed by atoms with Gasteiger partial charge in [-0.1, -0.05) is 24.4 Å². The lowest BCUT2D eigenvalue weighted by atomic mass is 10.1. The molecule has 1 saturated carbocycles. The van der Waals surface area contributed by atoms with E-state index < -0.39 is 0 Å². The molecule has 3 rings (SSSR count). The van der Waals surface area contributed by atoms with Gasteiger partial charge in [0.25, 0.3) is 0 Å². The third-order valence-corrected chi connectivity index (χ3v) is 3.83. The number of halogens is 1. The maximum Gasteiger partial charge on any atom is 0.0948 e. The molecule has 0 amide bonds. The van der Waals surface area contributed by atoms with Crippen LogP contribution in [0.1, 0.15) is 26.2 Å². The number of nitrogens with zero attached hydrogens (tertiary/aromatic N) is 1. The molecule has 0 bridgehead atoms. The predicted octanol–water partition coefficient (Wildman–Crippen LogP) is 4.49. The topological polar surface area (TPSA) is 24.9 Å². The van der Waals surface area contributed by atoms with E-state index in [0.29, 0.717) is 6.04 Å². The first-order valence-corrected chi connectivity index (χ1v) is 6.91. The summed E-state index contributed by atoms with van der Waals surface area (Å²) in [6.45, 7) is 2.24. The molecule has 1 atom stereocenters. The zero-order chi connectivity index (χ0) is 12.5. The van der Waals surface area contributed by atoms with E-state index in [1.54, 1.807) is 0 Å². The van der Waals surface area contributed by atoms with Crippen LogP contribution in [0, 0.1) is 5.92 Å². The van der Waals surface area contributed by atoms with Gasteiger partial charge in [0.2, 0.25) is 0 Å². The highest BCUT2D eigenvalue weighted by atomic mass is 35.5. The lowest BCUT2D eigenvalue weighted by molar-refractivity contribution is 0.642. The Labute approximate surface area is 112 Å². The van der Waals surface area contributed by atoms with Crippen LogP contribution in [0.15, 0.2) is 30.5 Å². The molecule has 1 heterocycles. The normalized spacial score (nSPS) is 16.8. The molecule has 2 nitrogen and oxygen atoms in total. The van der Waals surface area contributed by atoms with E-state index in [1.165, 1.54) is 19.3 Å². The summed E-state index contributed by atoms with van der Waals surface area (Å²) in [6, 6.07) is 8.40.